The van der Waals surface area contributed by atoms with Crippen molar-refractivity contribution in [1.82, 2.24) is 0 Å². The van der Waals surface area contributed by atoms with Gasteiger partial charge in [0.25, 0.3) is 9.05 Å². The molecule has 0 aliphatic heterocycles. The molecule has 1 aromatic rings. The zero-order valence-corrected chi connectivity index (χ0v) is 11.3. The molecule has 0 atom stereocenters. The Bertz CT molecular complexity index is 644. The molecule has 0 N–H and O–H groups in total. The summed E-state index contributed by atoms with van der Waals surface area (Å²) in [7, 11) is 0.0725. The lowest BCUT2D eigenvalue weighted by atomic mass is 10.1. The van der Waals surface area contributed by atoms with Crippen LogP contribution < -0.4 is 4.74 Å². The lowest BCUT2D eigenvalue weighted by molar-refractivity contribution is -0.389. The van der Waals surface area contributed by atoms with Gasteiger partial charge in [0, 0.05) is 10.7 Å². The van der Waals surface area contributed by atoms with Crippen molar-refractivity contribution in [2.75, 3.05) is 6.61 Å². The van der Waals surface area contributed by atoms with Crippen molar-refractivity contribution in [2.24, 2.45) is 0 Å². The van der Waals surface area contributed by atoms with E-state index in [1.54, 1.807) is 0 Å². The molecule has 0 fully saturated rings. The standard InChI is InChI=1S/C9H7ClF3NO5S/c1-2-19-5-3-4-6(20(10,17)18)7(9(11,12)13)8(5)14(15)16/h3-4H,2H2,1H3. The number of ether oxygens (including phenoxy) is 1. The van der Waals surface area contributed by atoms with Gasteiger partial charge in [-0.2, -0.15) is 13.2 Å². The Morgan fingerprint density at radius 3 is 2.30 bits per heavy atom. The number of nitro groups is 1. The molecule has 0 saturated carbocycles. The number of nitrogens with zero attached hydrogens (tertiary/aromatic N) is 1. The Balaban J connectivity index is 3.86. The summed E-state index contributed by atoms with van der Waals surface area (Å²) in [4.78, 5) is 8.08. The van der Waals surface area contributed by atoms with E-state index < -0.39 is 42.0 Å². The third-order valence-electron chi connectivity index (χ3n) is 2.13. The molecule has 112 valence electrons. The average molecular weight is 334 g/mol. The average Bonchev–Trinajstić information content (AvgIpc) is 2.25. The molecular formula is C9H7ClF3NO5S. The molecule has 0 radical (unpaired) electrons. The maximum Gasteiger partial charge on any atom is 0.424 e. The summed E-state index contributed by atoms with van der Waals surface area (Å²) in [5, 5.41) is 10.8. The zero-order valence-electron chi connectivity index (χ0n) is 9.77. The molecule has 0 amide bonds. The van der Waals surface area contributed by atoms with Gasteiger partial charge in [0.05, 0.1) is 11.5 Å². The lowest BCUT2D eigenvalue weighted by Gasteiger charge is -2.13. The number of alkyl halides is 3. The lowest BCUT2D eigenvalue weighted by Crippen LogP contribution is -2.15. The first-order valence-electron chi connectivity index (χ1n) is 4.96. The minimum absolute atomic E-state index is 0.134. The van der Waals surface area contributed by atoms with Crippen molar-refractivity contribution in [3.63, 3.8) is 0 Å². The first-order chi connectivity index (χ1) is 9.00. The molecule has 1 aromatic carbocycles. The van der Waals surface area contributed by atoms with Gasteiger partial charge in [-0.25, -0.2) is 8.42 Å². The first kappa shape index (κ1) is 16.5. The van der Waals surface area contributed by atoms with Crippen LogP contribution in [-0.4, -0.2) is 19.9 Å². The second kappa shape index (κ2) is 5.44. The molecule has 0 aliphatic carbocycles. The van der Waals surface area contributed by atoms with Crippen molar-refractivity contribution in [1.29, 1.82) is 0 Å². The van der Waals surface area contributed by atoms with Crippen LogP contribution in [-0.2, 0) is 15.2 Å². The fourth-order valence-corrected chi connectivity index (χ4v) is 2.56. The Labute approximate surface area is 115 Å². The molecule has 1 rings (SSSR count). The number of hydrogen-bond donors (Lipinski definition) is 0. The van der Waals surface area contributed by atoms with Crippen LogP contribution in [0.25, 0.3) is 0 Å². The molecule has 0 saturated heterocycles. The summed E-state index contributed by atoms with van der Waals surface area (Å²) in [6, 6.07) is 1.27. The Kier molecular flexibility index (Phi) is 4.49. The topological polar surface area (TPSA) is 86.5 Å². The fraction of sp³-hybridized carbons (Fsp3) is 0.333. The van der Waals surface area contributed by atoms with Gasteiger partial charge in [-0.3, -0.25) is 10.1 Å². The Morgan fingerprint density at radius 2 is 1.95 bits per heavy atom. The molecule has 0 unspecified atom stereocenters. The van der Waals surface area contributed by atoms with E-state index >= 15 is 0 Å². The maximum atomic E-state index is 12.9. The number of nitro benzene ring substituents is 1. The predicted molar refractivity (Wildman–Crippen MR) is 62.3 cm³/mol. The van der Waals surface area contributed by atoms with Gasteiger partial charge in [-0.15, -0.1) is 0 Å². The van der Waals surface area contributed by atoms with Gasteiger partial charge in [-0.05, 0) is 19.1 Å². The third-order valence-corrected chi connectivity index (χ3v) is 3.50. The quantitative estimate of drug-likeness (QED) is 0.480. The van der Waals surface area contributed by atoms with Crippen molar-refractivity contribution in [3.8, 4) is 5.75 Å². The van der Waals surface area contributed by atoms with Gasteiger partial charge in [0.1, 0.15) is 4.90 Å². The highest BCUT2D eigenvalue weighted by molar-refractivity contribution is 8.13. The molecule has 11 heteroatoms. The molecular weight excluding hydrogens is 327 g/mol. The van der Waals surface area contributed by atoms with E-state index in [2.05, 4.69) is 0 Å². The largest absolute Gasteiger partial charge is 0.487 e. The van der Waals surface area contributed by atoms with Gasteiger partial charge < -0.3 is 4.74 Å². The van der Waals surface area contributed by atoms with Crippen LogP contribution >= 0.6 is 10.7 Å². The van der Waals surface area contributed by atoms with E-state index in [1.165, 1.54) is 6.92 Å². The van der Waals surface area contributed by atoms with Crippen molar-refractivity contribution >= 4 is 25.4 Å². The summed E-state index contributed by atoms with van der Waals surface area (Å²) in [5.41, 5.74) is -3.44. The van der Waals surface area contributed by atoms with Crippen LogP contribution in [0.3, 0.4) is 0 Å². The molecule has 0 heterocycles. The second-order valence-electron chi connectivity index (χ2n) is 3.41. The minimum Gasteiger partial charge on any atom is -0.487 e. The van der Waals surface area contributed by atoms with Crippen LogP contribution in [0.2, 0.25) is 0 Å². The van der Waals surface area contributed by atoms with Gasteiger partial charge >= 0.3 is 11.9 Å². The number of benzene rings is 1. The van der Waals surface area contributed by atoms with Crippen molar-refractivity contribution in [3.05, 3.63) is 27.8 Å². The van der Waals surface area contributed by atoms with Crippen LogP contribution in [0.4, 0.5) is 18.9 Å². The normalized spacial score (nSPS) is 12.2. The van der Waals surface area contributed by atoms with Crippen LogP contribution in [0.1, 0.15) is 12.5 Å². The fourth-order valence-electron chi connectivity index (χ4n) is 1.48. The first-order valence-corrected chi connectivity index (χ1v) is 7.27. The monoisotopic (exact) mass is 333 g/mol. The molecule has 0 bridgehead atoms. The molecule has 0 aliphatic rings. The predicted octanol–water partition coefficient (Wildman–Crippen LogP) is 2.94. The molecule has 20 heavy (non-hydrogen) atoms. The van der Waals surface area contributed by atoms with Gasteiger partial charge in [0.15, 0.2) is 11.3 Å². The molecule has 0 aromatic heterocycles. The van der Waals surface area contributed by atoms with Crippen LogP contribution in [0, 0.1) is 10.1 Å². The maximum absolute atomic E-state index is 12.9. The van der Waals surface area contributed by atoms with E-state index in [4.69, 9.17) is 15.4 Å². The Hall–Kier alpha value is -1.55. The summed E-state index contributed by atoms with van der Waals surface area (Å²) in [5.74, 6) is -0.686. The Morgan fingerprint density at radius 1 is 1.40 bits per heavy atom. The second-order valence-corrected chi connectivity index (χ2v) is 5.95. The minimum atomic E-state index is -5.28. The van der Waals surface area contributed by atoms with E-state index in [0.29, 0.717) is 6.07 Å². The van der Waals surface area contributed by atoms with E-state index in [-0.39, 0.29) is 6.61 Å². The van der Waals surface area contributed by atoms with Crippen LogP contribution in [0.5, 0.6) is 5.75 Å². The van der Waals surface area contributed by atoms with E-state index in [1.807, 2.05) is 0 Å². The highest BCUT2D eigenvalue weighted by atomic mass is 35.7. The van der Waals surface area contributed by atoms with Gasteiger partial charge in [-0.1, -0.05) is 0 Å². The number of hydrogen-bond acceptors (Lipinski definition) is 5. The van der Waals surface area contributed by atoms with Crippen molar-refractivity contribution < 1.29 is 31.2 Å². The number of rotatable bonds is 4. The summed E-state index contributed by atoms with van der Waals surface area (Å²) in [6.07, 6.45) is -5.28. The van der Waals surface area contributed by atoms with Crippen LogP contribution in [0.15, 0.2) is 17.0 Å². The highest BCUT2D eigenvalue weighted by Gasteiger charge is 2.45. The summed E-state index contributed by atoms with van der Waals surface area (Å²) in [6.45, 7) is 1.27. The summed E-state index contributed by atoms with van der Waals surface area (Å²) < 4.78 is 65.8. The highest BCUT2D eigenvalue weighted by Crippen LogP contribution is 2.45. The van der Waals surface area contributed by atoms with E-state index in [9.17, 15) is 31.7 Å². The SMILES string of the molecule is CCOc1ccc(S(=O)(=O)Cl)c(C(F)(F)F)c1[N+](=O)[O-]. The zero-order chi connectivity index (χ0) is 15.7. The van der Waals surface area contributed by atoms with Gasteiger partial charge in [0.2, 0.25) is 0 Å². The van der Waals surface area contributed by atoms with Crippen molar-refractivity contribution in [2.45, 2.75) is 18.0 Å². The number of halogens is 4. The molecule has 0 spiro atoms. The summed E-state index contributed by atoms with van der Waals surface area (Å²) >= 11 is 0. The third kappa shape index (κ3) is 3.31. The molecule has 6 nitrogen and oxygen atoms in total. The van der Waals surface area contributed by atoms with E-state index in [0.717, 1.165) is 6.07 Å². The smallest absolute Gasteiger partial charge is 0.424 e.